The third kappa shape index (κ3) is 1.64. The maximum absolute atomic E-state index is 6.10. The van der Waals surface area contributed by atoms with Crippen molar-refractivity contribution in [3.63, 3.8) is 0 Å². The fourth-order valence-corrected chi connectivity index (χ4v) is 2.71. The summed E-state index contributed by atoms with van der Waals surface area (Å²) in [5.74, 6) is 2.27. The maximum atomic E-state index is 6.10. The summed E-state index contributed by atoms with van der Waals surface area (Å²) in [6, 6.07) is 7.90. The molecule has 0 fully saturated rings. The molecule has 0 unspecified atom stereocenters. The summed E-state index contributed by atoms with van der Waals surface area (Å²) in [7, 11) is 1.84. The van der Waals surface area contributed by atoms with Crippen LogP contribution in [0.2, 0.25) is 0 Å². The highest BCUT2D eigenvalue weighted by Gasteiger charge is 2.20. The van der Waals surface area contributed by atoms with Crippen molar-refractivity contribution in [2.24, 2.45) is 7.05 Å². The van der Waals surface area contributed by atoms with Gasteiger partial charge in [0.15, 0.2) is 5.76 Å². The van der Waals surface area contributed by atoms with Crippen LogP contribution in [0.4, 0.5) is 5.82 Å². The molecule has 0 aliphatic heterocycles. The number of furan rings is 1. The van der Waals surface area contributed by atoms with Crippen molar-refractivity contribution in [2.75, 3.05) is 5.73 Å². The molecule has 0 atom stereocenters. The molecule has 0 radical (unpaired) electrons. The van der Waals surface area contributed by atoms with E-state index >= 15 is 0 Å². The van der Waals surface area contributed by atoms with Gasteiger partial charge in [0.05, 0.1) is 5.56 Å². The Morgan fingerprint density at radius 1 is 1.33 bits per heavy atom. The number of nitrogens with zero attached hydrogens (tertiary/aromatic N) is 2. The fourth-order valence-electron chi connectivity index (χ4n) is 1.93. The third-order valence-electron chi connectivity index (χ3n) is 2.83. The molecule has 0 saturated carbocycles. The molecule has 3 rings (SSSR count). The predicted octanol–water partition coefficient (Wildman–Crippen LogP) is 3.30. The number of aromatic nitrogens is 2. The molecule has 0 bridgehead atoms. The number of nitrogen functional groups attached to an aromatic ring is 1. The first-order chi connectivity index (χ1) is 8.66. The standard InChI is InChI=1S/C13H13N3OS/c1-8-5-6-9(17-8)12-11(10-4-3-7-18-10)13(14)16(2)15-12/h3-7H,14H2,1-2H3. The smallest absolute Gasteiger partial charge is 0.155 e. The lowest BCUT2D eigenvalue weighted by Gasteiger charge is -1.98. The van der Waals surface area contributed by atoms with E-state index in [1.54, 1.807) is 16.0 Å². The van der Waals surface area contributed by atoms with Crippen molar-refractivity contribution in [3.8, 4) is 21.9 Å². The lowest BCUT2D eigenvalue weighted by Crippen LogP contribution is -1.97. The SMILES string of the molecule is Cc1ccc(-c2nn(C)c(N)c2-c2cccs2)o1. The summed E-state index contributed by atoms with van der Waals surface area (Å²) in [5, 5.41) is 6.48. The molecule has 0 aliphatic rings. The molecule has 5 heteroatoms. The number of anilines is 1. The summed E-state index contributed by atoms with van der Waals surface area (Å²) in [4.78, 5) is 1.10. The first kappa shape index (κ1) is 11.1. The normalized spacial score (nSPS) is 11.0. The van der Waals surface area contributed by atoms with Gasteiger partial charge in [-0.2, -0.15) is 5.10 Å². The molecule has 4 nitrogen and oxygen atoms in total. The van der Waals surface area contributed by atoms with Crippen LogP contribution in [0.15, 0.2) is 34.1 Å². The molecule has 0 amide bonds. The van der Waals surface area contributed by atoms with Crippen LogP contribution in [0.1, 0.15) is 5.76 Å². The lowest BCUT2D eigenvalue weighted by molar-refractivity contribution is 0.545. The summed E-state index contributed by atoms with van der Waals surface area (Å²) in [6.07, 6.45) is 0. The van der Waals surface area contributed by atoms with Crippen LogP contribution in [0.3, 0.4) is 0 Å². The molecular formula is C13H13N3OS. The van der Waals surface area contributed by atoms with Crippen LogP contribution < -0.4 is 5.73 Å². The van der Waals surface area contributed by atoms with E-state index in [1.807, 2.05) is 43.6 Å². The van der Waals surface area contributed by atoms with Gasteiger partial charge in [-0.15, -0.1) is 11.3 Å². The number of aryl methyl sites for hydroxylation is 2. The molecular weight excluding hydrogens is 246 g/mol. The Morgan fingerprint density at radius 2 is 2.17 bits per heavy atom. The number of thiophene rings is 1. The van der Waals surface area contributed by atoms with E-state index in [1.165, 1.54) is 0 Å². The van der Waals surface area contributed by atoms with E-state index in [0.717, 1.165) is 27.7 Å². The van der Waals surface area contributed by atoms with Crippen LogP contribution in [-0.4, -0.2) is 9.78 Å². The minimum absolute atomic E-state index is 0.654. The van der Waals surface area contributed by atoms with Gasteiger partial charge in [-0.05, 0) is 30.5 Å². The second-order valence-electron chi connectivity index (χ2n) is 4.12. The van der Waals surface area contributed by atoms with Crippen molar-refractivity contribution >= 4 is 17.2 Å². The van der Waals surface area contributed by atoms with Crippen LogP contribution in [0.25, 0.3) is 21.9 Å². The molecule has 0 aromatic carbocycles. The molecule has 0 saturated heterocycles. The van der Waals surface area contributed by atoms with Gasteiger partial charge in [0.25, 0.3) is 0 Å². The molecule has 3 aromatic heterocycles. The molecule has 3 aromatic rings. The zero-order valence-electron chi connectivity index (χ0n) is 10.2. The number of hydrogen-bond donors (Lipinski definition) is 1. The zero-order valence-corrected chi connectivity index (χ0v) is 11.0. The van der Waals surface area contributed by atoms with Gasteiger partial charge in [-0.1, -0.05) is 6.07 Å². The second-order valence-corrected chi connectivity index (χ2v) is 5.07. The highest BCUT2D eigenvalue weighted by atomic mass is 32.1. The highest BCUT2D eigenvalue weighted by molar-refractivity contribution is 7.13. The van der Waals surface area contributed by atoms with Gasteiger partial charge in [-0.25, -0.2) is 0 Å². The van der Waals surface area contributed by atoms with Crippen LogP contribution in [0, 0.1) is 6.92 Å². The van der Waals surface area contributed by atoms with Crippen LogP contribution in [0.5, 0.6) is 0 Å². The van der Waals surface area contributed by atoms with E-state index in [2.05, 4.69) is 5.10 Å². The average Bonchev–Trinajstić information content (AvgIpc) is 3.02. The zero-order chi connectivity index (χ0) is 12.7. The summed E-state index contributed by atoms with van der Waals surface area (Å²) < 4.78 is 7.33. The molecule has 2 N–H and O–H groups in total. The first-order valence-corrected chi connectivity index (χ1v) is 6.48. The van der Waals surface area contributed by atoms with Gasteiger partial charge in [0.1, 0.15) is 17.3 Å². The van der Waals surface area contributed by atoms with Crippen LogP contribution >= 0.6 is 11.3 Å². The Hall–Kier alpha value is -2.01. The van der Waals surface area contributed by atoms with Crippen LogP contribution in [-0.2, 0) is 7.05 Å². The topological polar surface area (TPSA) is 57.0 Å². The highest BCUT2D eigenvalue weighted by Crippen LogP contribution is 2.38. The van der Waals surface area contributed by atoms with E-state index < -0.39 is 0 Å². The molecule has 0 aliphatic carbocycles. The largest absolute Gasteiger partial charge is 0.460 e. The Labute approximate surface area is 109 Å². The van der Waals surface area contributed by atoms with Gasteiger partial charge in [-0.3, -0.25) is 4.68 Å². The van der Waals surface area contributed by atoms with Gasteiger partial charge < -0.3 is 10.2 Å². The molecule has 3 heterocycles. The monoisotopic (exact) mass is 259 g/mol. The molecule has 18 heavy (non-hydrogen) atoms. The average molecular weight is 259 g/mol. The third-order valence-corrected chi connectivity index (χ3v) is 3.72. The predicted molar refractivity (Wildman–Crippen MR) is 73.4 cm³/mol. The number of hydrogen-bond acceptors (Lipinski definition) is 4. The van der Waals surface area contributed by atoms with E-state index in [9.17, 15) is 0 Å². The fraction of sp³-hybridized carbons (Fsp3) is 0.154. The quantitative estimate of drug-likeness (QED) is 0.768. The second kappa shape index (κ2) is 4.03. The van der Waals surface area contributed by atoms with Crippen molar-refractivity contribution in [1.29, 1.82) is 0 Å². The van der Waals surface area contributed by atoms with Crippen molar-refractivity contribution in [3.05, 3.63) is 35.4 Å². The Morgan fingerprint density at radius 3 is 2.78 bits per heavy atom. The Balaban J connectivity index is 2.24. The minimum Gasteiger partial charge on any atom is -0.460 e. The van der Waals surface area contributed by atoms with E-state index in [0.29, 0.717) is 5.82 Å². The maximum Gasteiger partial charge on any atom is 0.155 e. The van der Waals surface area contributed by atoms with Gasteiger partial charge in [0, 0.05) is 11.9 Å². The lowest BCUT2D eigenvalue weighted by atomic mass is 10.1. The summed E-state index contributed by atoms with van der Waals surface area (Å²) >= 11 is 1.64. The summed E-state index contributed by atoms with van der Waals surface area (Å²) in [5.41, 5.74) is 7.85. The minimum atomic E-state index is 0.654. The summed E-state index contributed by atoms with van der Waals surface area (Å²) in [6.45, 7) is 1.92. The van der Waals surface area contributed by atoms with Crippen molar-refractivity contribution in [1.82, 2.24) is 9.78 Å². The number of nitrogens with two attached hydrogens (primary N) is 1. The van der Waals surface area contributed by atoms with Crippen molar-refractivity contribution in [2.45, 2.75) is 6.92 Å². The Bertz CT molecular complexity index is 679. The van der Waals surface area contributed by atoms with E-state index in [-0.39, 0.29) is 0 Å². The van der Waals surface area contributed by atoms with Gasteiger partial charge >= 0.3 is 0 Å². The van der Waals surface area contributed by atoms with Crippen molar-refractivity contribution < 1.29 is 4.42 Å². The molecule has 92 valence electrons. The van der Waals surface area contributed by atoms with Gasteiger partial charge in [0.2, 0.25) is 0 Å². The number of rotatable bonds is 2. The molecule has 0 spiro atoms. The van der Waals surface area contributed by atoms with E-state index in [4.69, 9.17) is 10.2 Å². The Kier molecular flexibility index (Phi) is 2.48. The first-order valence-electron chi connectivity index (χ1n) is 5.60.